The van der Waals surface area contributed by atoms with E-state index in [9.17, 15) is 54.6 Å². The van der Waals surface area contributed by atoms with E-state index in [2.05, 4.69) is 10.0 Å². The van der Waals surface area contributed by atoms with Gasteiger partial charge in [0, 0.05) is 38.3 Å². The zero-order chi connectivity index (χ0) is 60.8. The highest BCUT2D eigenvalue weighted by atomic mass is 32.2. The van der Waals surface area contributed by atoms with E-state index in [-0.39, 0.29) is 151 Å². The normalized spacial score (nSPS) is 12.9. The molecular weight excluding hydrogens is 1130 g/mol. The summed E-state index contributed by atoms with van der Waals surface area (Å²) in [6.45, 7) is 10.7. The summed E-state index contributed by atoms with van der Waals surface area (Å²) in [5.41, 5.74) is 2.54. The van der Waals surface area contributed by atoms with Crippen LogP contribution in [-0.2, 0) is 67.4 Å². The summed E-state index contributed by atoms with van der Waals surface area (Å²) in [7, 11) is -7.57. The van der Waals surface area contributed by atoms with Crippen molar-refractivity contribution in [1.82, 2.24) is 10.0 Å². The van der Waals surface area contributed by atoms with Gasteiger partial charge in [0.05, 0.1) is 88.2 Å². The maximum atomic E-state index is 15.0. The van der Waals surface area contributed by atoms with Crippen LogP contribution in [0.2, 0.25) is 0 Å². The Hall–Kier alpha value is -6.10. The first kappa shape index (κ1) is 69.4. The van der Waals surface area contributed by atoms with Crippen molar-refractivity contribution >= 4 is 49.7 Å². The molecule has 0 aliphatic heterocycles. The van der Waals surface area contributed by atoms with Crippen LogP contribution in [0.15, 0.2) is 93.7 Å². The first-order valence-corrected chi connectivity index (χ1v) is 30.0. The number of nitrogens with one attached hydrogen (secondary N) is 2. The van der Waals surface area contributed by atoms with Gasteiger partial charge in [0.25, 0.3) is 5.91 Å². The van der Waals surface area contributed by atoms with Gasteiger partial charge >= 0.3 is 5.97 Å². The Morgan fingerprint density at radius 1 is 0.590 bits per heavy atom. The van der Waals surface area contributed by atoms with Crippen LogP contribution in [0, 0.1) is 24.4 Å². The van der Waals surface area contributed by atoms with Gasteiger partial charge in [-0.15, -0.1) is 0 Å². The summed E-state index contributed by atoms with van der Waals surface area (Å²) in [5, 5.41) is 22.7. The minimum atomic E-state index is -3.93. The van der Waals surface area contributed by atoms with Crippen molar-refractivity contribution in [2.45, 2.75) is 82.3 Å². The predicted molar refractivity (Wildman–Crippen MR) is 301 cm³/mol. The molecule has 0 aromatic heterocycles. The monoisotopic (exact) mass is 1210 g/mol. The van der Waals surface area contributed by atoms with Gasteiger partial charge in [-0.25, -0.2) is 39.5 Å². The highest BCUT2D eigenvalue weighted by Gasteiger charge is 2.29. The van der Waals surface area contributed by atoms with E-state index in [0.717, 1.165) is 24.1 Å². The molecule has 0 bridgehead atoms. The number of carbonyl (C=O) groups is 3. The molecule has 4 aromatic carbocycles. The standard InChI is InChI=1S/C58H75F3N2O18S2/c1-6-40(3)34-43-37-50(60)56(51(61)38-43)81-46-13-17-48(18-14-46)83(71,72)63-20-24-76-28-32-78-31-27-75-23-19-62-57(67)54(66)53(65)52(64)10-8-21-73-25-29-77-30-26-74-22-9-33-82(69,70)47-15-11-45(12-16-47)80-55-41(4)35-44(39-49(55)59)36-42(5)58(68)79-7-2/h11-18,34-39,53-54,63,65-66H,6-10,19-33H2,1-5H3,(H,62,67)/b40-34+,42-36+/t53-,54+/m0/s1. The molecular formula is C58H75F3N2O18S2. The molecule has 0 radical (unpaired) electrons. The van der Waals surface area contributed by atoms with Crippen LogP contribution in [-0.4, -0.2) is 162 Å². The number of sulfonamides is 1. The first-order chi connectivity index (χ1) is 39.6. The number of hydrogen-bond donors (Lipinski definition) is 4. The number of esters is 1. The maximum Gasteiger partial charge on any atom is 0.333 e. The van der Waals surface area contributed by atoms with Crippen LogP contribution < -0.4 is 19.5 Å². The molecule has 4 aromatic rings. The highest BCUT2D eigenvalue weighted by Crippen LogP contribution is 2.32. The van der Waals surface area contributed by atoms with Crippen LogP contribution in [0.5, 0.6) is 23.0 Å². The number of rotatable bonds is 41. The lowest BCUT2D eigenvalue weighted by molar-refractivity contribution is -0.145. The molecule has 4 rings (SSSR count). The van der Waals surface area contributed by atoms with E-state index in [1.54, 1.807) is 32.9 Å². The Morgan fingerprint density at radius 2 is 1.06 bits per heavy atom. The second-order valence-corrected chi connectivity index (χ2v) is 22.4. The molecule has 83 heavy (non-hydrogen) atoms. The third-order valence-corrected chi connectivity index (χ3v) is 15.2. The molecule has 0 spiro atoms. The topological polar surface area (TPSA) is 267 Å². The lowest BCUT2D eigenvalue weighted by Gasteiger charge is -2.16. The minimum Gasteiger partial charge on any atom is -0.463 e. The van der Waals surface area contributed by atoms with Gasteiger partial charge in [0.15, 0.2) is 50.7 Å². The lowest BCUT2D eigenvalue weighted by atomic mass is 10.1. The van der Waals surface area contributed by atoms with E-state index in [1.807, 2.05) is 13.8 Å². The highest BCUT2D eigenvalue weighted by molar-refractivity contribution is 7.91. The van der Waals surface area contributed by atoms with E-state index >= 15 is 0 Å². The fourth-order valence-corrected chi connectivity index (χ4v) is 9.66. The number of halogens is 3. The van der Waals surface area contributed by atoms with Gasteiger partial charge in [-0.1, -0.05) is 18.6 Å². The molecule has 20 nitrogen and oxygen atoms in total. The summed E-state index contributed by atoms with van der Waals surface area (Å²) >= 11 is 0. The fraction of sp³-hybridized carbons (Fsp3) is 0.466. The average Bonchev–Trinajstić information content (AvgIpc) is 3.52. The smallest absolute Gasteiger partial charge is 0.333 e. The van der Waals surface area contributed by atoms with Gasteiger partial charge in [0.2, 0.25) is 10.0 Å². The molecule has 0 aliphatic rings. The maximum absolute atomic E-state index is 15.0. The third-order valence-electron chi connectivity index (χ3n) is 11.9. The van der Waals surface area contributed by atoms with Gasteiger partial charge in [-0.3, -0.25) is 9.59 Å². The molecule has 0 aliphatic carbocycles. The molecule has 4 N–H and O–H groups in total. The summed E-state index contributed by atoms with van der Waals surface area (Å²) < 4.78 is 146. The van der Waals surface area contributed by atoms with Crippen LogP contribution >= 0.6 is 0 Å². The number of aliphatic hydroxyl groups excluding tert-OH is 2. The number of ether oxygens (including phenoxy) is 9. The van der Waals surface area contributed by atoms with Crippen LogP contribution in [0.25, 0.3) is 12.2 Å². The number of allylic oxidation sites excluding steroid dienone is 1. The Bertz CT molecular complexity index is 2930. The summed E-state index contributed by atoms with van der Waals surface area (Å²) in [5.74, 6) is -5.20. The number of ketones is 1. The van der Waals surface area contributed by atoms with Crippen molar-refractivity contribution < 1.29 is 97.2 Å². The molecule has 0 saturated carbocycles. The molecule has 0 fully saturated rings. The van der Waals surface area contributed by atoms with Crippen LogP contribution in [0.3, 0.4) is 0 Å². The van der Waals surface area contributed by atoms with Crippen molar-refractivity contribution in [3.8, 4) is 23.0 Å². The van der Waals surface area contributed by atoms with E-state index in [4.69, 9.17) is 42.6 Å². The molecule has 458 valence electrons. The zero-order valence-electron chi connectivity index (χ0n) is 47.3. The number of carbonyl (C=O) groups excluding carboxylic acids is 3. The van der Waals surface area contributed by atoms with Crippen molar-refractivity contribution in [3.05, 3.63) is 118 Å². The second-order valence-electron chi connectivity index (χ2n) is 18.5. The quantitative estimate of drug-likeness (QED) is 0.0194. The Morgan fingerprint density at radius 3 is 1.59 bits per heavy atom. The number of aryl methyl sites for hydroxylation is 1. The Balaban J connectivity index is 0.938. The van der Waals surface area contributed by atoms with Crippen molar-refractivity contribution in [1.29, 1.82) is 0 Å². The molecule has 0 unspecified atom stereocenters. The van der Waals surface area contributed by atoms with Crippen LogP contribution in [0.1, 0.15) is 70.1 Å². The Kier molecular flexibility index (Phi) is 30.6. The number of benzene rings is 4. The summed E-state index contributed by atoms with van der Waals surface area (Å²) in [6.07, 6.45) is 0.262. The largest absolute Gasteiger partial charge is 0.463 e. The molecule has 0 saturated heterocycles. The van der Waals surface area contributed by atoms with Crippen molar-refractivity contribution in [3.63, 3.8) is 0 Å². The molecule has 1 amide bonds. The number of amides is 1. The number of sulfone groups is 1. The van der Waals surface area contributed by atoms with Crippen LogP contribution in [0.4, 0.5) is 13.2 Å². The lowest BCUT2D eigenvalue weighted by Crippen LogP contribution is -2.46. The number of aliphatic hydroxyl groups is 2. The van der Waals surface area contributed by atoms with Crippen molar-refractivity contribution in [2.75, 3.05) is 105 Å². The summed E-state index contributed by atoms with van der Waals surface area (Å²) in [4.78, 5) is 36.5. The Labute approximate surface area is 483 Å². The van der Waals surface area contributed by atoms with Gasteiger partial charge < -0.3 is 58.2 Å². The molecule has 2 atom stereocenters. The average molecular weight is 1210 g/mol. The predicted octanol–water partition coefficient (Wildman–Crippen LogP) is 7.21. The van der Waals surface area contributed by atoms with Gasteiger partial charge in [-0.05, 0) is 143 Å². The van der Waals surface area contributed by atoms with Crippen molar-refractivity contribution in [2.24, 2.45) is 0 Å². The number of Topliss-reactive ketones (excluding diaryl/α,β-unsaturated/α-hetero) is 1. The van der Waals surface area contributed by atoms with Gasteiger partial charge in [-0.2, -0.15) is 0 Å². The second kappa shape index (κ2) is 36.6. The van der Waals surface area contributed by atoms with Gasteiger partial charge in [0.1, 0.15) is 17.6 Å². The van der Waals surface area contributed by atoms with E-state index in [0.29, 0.717) is 22.3 Å². The SMILES string of the molecule is CCOC(=O)/C(C)=C/c1cc(C)c(Oc2ccc(S(=O)(=O)CCCOCCOCCOCCCC(=O)[C@H](O)[C@@H](O)C(=O)NCCOCCOCCOCCNS(=O)(=O)c3ccc(Oc4c(F)cc(/C=C(\C)CC)cc4F)cc3)cc2)c(F)c1. The van der Waals surface area contributed by atoms with E-state index in [1.165, 1.54) is 60.7 Å². The minimum absolute atomic E-state index is 0.0220. The summed E-state index contributed by atoms with van der Waals surface area (Å²) in [6, 6.07) is 15.9. The fourth-order valence-electron chi connectivity index (χ4n) is 7.36. The third kappa shape index (κ3) is 24.9. The molecule has 0 heterocycles. The zero-order valence-corrected chi connectivity index (χ0v) is 48.9. The number of hydrogen-bond acceptors (Lipinski definition) is 18. The van der Waals surface area contributed by atoms with E-state index < -0.39 is 72.9 Å². The molecule has 25 heteroatoms. The first-order valence-electron chi connectivity index (χ1n) is 26.9.